The molecule has 8 heteroatoms. The minimum absolute atomic E-state index is 0.0615. The summed E-state index contributed by atoms with van der Waals surface area (Å²) in [5, 5.41) is 3.41. The molecule has 3 rings (SSSR count). The lowest BCUT2D eigenvalue weighted by molar-refractivity contribution is -0.135. The number of hydrogen-bond acceptors (Lipinski definition) is 5. The Hall–Kier alpha value is -1.51. The van der Waals surface area contributed by atoms with Gasteiger partial charge in [0.2, 0.25) is 5.91 Å². The van der Waals surface area contributed by atoms with Crippen LogP contribution in [-0.2, 0) is 9.59 Å². The van der Waals surface area contributed by atoms with Crippen molar-refractivity contribution < 1.29 is 18.4 Å². The first kappa shape index (κ1) is 24.8. The third-order valence-electron chi connectivity index (χ3n) is 6.14. The molecule has 4 N–H and O–H groups in total. The third kappa shape index (κ3) is 6.25. The van der Waals surface area contributed by atoms with Crippen molar-refractivity contribution in [3.8, 4) is 0 Å². The highest BCUT2D eigenvalue weighted by molar-refractivity contribution is 7.97. The van der Waals surface area contributed by atoms with Gasteiger partial charge in [-0.25, -0.2) is 13.5 Å². The number of aldehydes is 1. The molecule has 2 saturated carbocycles. The number of halogens is 2. The average Bonchev–Trinajstić information content (AvgIpc) is 2.66. The van der Waals surface area contributed by atoms with E-state index in [0.29, 0.717) is 22.8 Å². The highest BCUT2D eigenvalue weighted by Crippen LogP contribution is 2.50. The van der Waals surface area contributed by atoms with Crippen molar-refractivity contribution in [1.29, 1.82) is 0 Å². The van der Waals surface area contributed by atoms with Crippen LogP contribution in [0.2, 0.25) is 0 Å². The monoisotopic (exact) mass is 441 g/mol. The number of hydrogen-bond donors (Lipinski definition) is 3. The van der Waals surface area contributed by atoms with Crippen LogP contribution in [-0.4, -0.2) is 30.8 Å². The second-order valence-corrected chi connectivity index (χ2v) is 10.0. The van der Waals surface area contributed by atoms with E-state index in [4.69, 9.17) is 5.73 Å². The van der Waals surface area contributed by atoms with Gasteiger partial charge in [-0.1, -0.05) is 13.3 Å². The van der Waals surface area contributed by atoms with Gasteiger partial charge in [-0.2, -0.15) is 0 Å². The van der Waals surface area contributed by atoms with E-state index in [1.165, 1.54) is 25.0 Å². The Balaban J connectivity index is 0.000000214. The topological polar surface area (TPSA) is 84.2 Å². The summed E-state index contributed by atoms with van der Waals surface area (Å²) in [6.07, 6.45) is 6.15. The van der Waals surface area contributed by atoms with Crippen LogP contribution in [0.5, 0.6) is 0 Å². The second kappa shape index (κ2) is 10.2. The standard InChI is InChI=1S/C12H22N2O.C10H11F2NOS/c1-8-6-12(11(13)15)5-3-4-9(7-12)10(8)14-2;1-10(2,6-14)13-15-9-4-7(11)3-8(12)5-9/h8-10,14H,3-7H2,1-2H3,(H2,13,15);3-6,13H,1-2H3. The molecule has 0 radical (unpaired) electrons. The molecule has 0 aromatic heterocycles. The van der Waals surface area contributed by atoms with E-state index in [1.807, 2.05) is 7.05 Å². The zero-order valence-corrected chi connectivity index (χ0v) is 19.0. The van der Waals surface area contributed by atoms with Gasteiger partial charge in [0.25, 0.3) is 0 Å². The number of carbonyl (C=O) groups is 2. The lowest BCUT2D eigenvalue weighted by Crippen LogP contribution is -2.54. The predicted molar refractivity (Wildman–Crippen MR) is 116 cm³/mol. The molecule has 0 aliphatic heterocycles. The van der Waals surface area contributed by atoms with Crippen molar-refractivity contribution in [3.63, 3.8) is 0 Å². The molecule has 2 fully saturated rings. The van der Waals surface area contributed by atoms with E-state index in [9.17, 15) is 18.4 Å². The Labute approximate surface area is 182 Å². The number of nitrogens with one attached hydrogen (secondary N) is 2. The Morgan fingerprint density at radius 2 is 1.90 bits per heavy atom. The maximum Gasteiger partial charge on any atom is 0.223 e. The maximum atomic E-state index is 12.8. The van der Waals surface area contributed by atoms with Crippen LogP contribution in [0.3, 0.4) is 0 Å². The molecular weight excluding hydrogens is 408 g/mol. The molecule has 168 valence electrons. The van der Waals surface area contributed by atoms with Crippen LogP contribution in [0.25, 0.3) is 0 Å². The quantitative estimate of drug-likeness (QED) is 0.462. The second-order valence-electron chi connectivity index (χ2n) is 9.15. The van der Waals surface area contributed by atoms with E-state index in [0.717, 1.165) is 43.6 Å². The van der Waals surface area contributed by atoms with Crippen LogP contribution in [0.4, 0.5) is 8.78 Å². The van der Waals surface area contributed by atoms with E-state index >= 15 is 0 Å². The van der Waals surface area contributed by atoms with E-state index in [-0.39, 0.29) is 11.3 Å². The van der Waals surface area contributed by atoms with Crippen LogP contribution < -0.4 is 15.8 Å². The first-order valence-electron chi connectivity index (χ1n) is 10.4. The third-order valence-corrected chi connectivity index (χ3v) is 7.24. The number of nitrogens with two attached hydrogens (primary N) is 1. The van der Waals surface area contributed by atoms with Crippen molar-refractivity contribution in [3.05, 3.63) is 29.8 Å². The van der Waals surface area contributed by atoms with Gasteiger partial charge >= 0.3 is 0 Å². The van der Waals surface area contributed by atoms with Crippen LogP contribution in [0.1, 0.15) is 52.9 Å². The molecule has 5 nitrogen and oxygen atoms in total. The van der Waals surface area contributed by atoms with Gasteiger partial charge in [0.1, 0.15) is 17.9 Å². The molecule has 0 saturated heterocycles. The highest BCUT2D eigenvalue weighted by Gasteiger charge is 2.49. The summed E-state index contributed by atoms with van der Waals surface area (Å²) < 4.78 is 28.4. The first-order valence-corrected chi connectivity index (χ1v) is 11.2. The largest absolute Gasteiger partial charge is 0.369 e. The summed E-state index contributed by atoms with van der Waals surface area (Å²) in [5.41, 5.74) is 4.70. The SMILES string of the molecule is CC(C)(C=O)NSc1cc(F)cc(F)c1.CNC1C(C)CC2(C(N)=O)CCCC1C2. The van der Waals surface area contributed by atoms with Crippen molar-refractivity contribution in [1.82, 2.24) is 10.0 Å². The predicted octanol–water partition coefficient (Wildman–Crippen LogP) is 3.82. The summed E-state index contributed by atoms with van der Waals surface area (Å²) >= 11 is 1.02. The number of benzene rings is 1. The summed E-state index contributed by atoms with van der Waals surface area (Å²) in [6.45, 7) is 5.58. The molecule has 4 atom stereocenters. The van der Waals surface area contributed by atoms with Crippen LogP contribution >= 0.6 is 11.9 Å². The number of rotatable bonds is 6. The Kier molecular flexibility index (Phi) is 8.42. The lowest BCUT2D eigenvalue weighted by Gasteiger charge is -2.50. The van der Waals surface area contributed by atoms with Gasteiger partial charge < -0.3 is 15.8 Å². The molecule has 0 heterocycles. The molecule has 1 aromatic carbocycles. The number of primary amides is 1. The minimum Gasteiger partial charge on any atom is -0.369 e. The number of amides is 1. The number of fused-ring (bicyclic) bond motifs is 2. The Morgan fingerprint density at radius 1 is 1.27 bits per heavy atom. The molecule has 1 aromatic rings. The van der Waals surface area contributed by atoms with Gasteiger partial charge in [0.15, 0.2) is 0 Å². The zero-order valence-electron chi connectivity index (χ0n) is 18.1. The first-order chi connectivity index (χ1) is 14.0. The fourth-order valence-electron chi connectivity index (χ4n) is 4.76. The lowest BCUT2D eigenvalue weighted by atomic mass is 9.57. The molecule has 2 aliphatic rings. The molecule has 2 bridgehead atoms. The summed E-state index contributed by atoms with van der Waals surface area (Å²) in [7, 11) is 2.03. The van der Waals surface area contributed by atoms with Gasteiger partial charge in [-0.3, -0.25) is 4.79 Å². The molecule has 1 amide bonds. The normalized spacial score (nSPS) is 28.3. The molecule has 4 unspecified atom stereocenters. The Bertz CT molecular complexity index is 738. The summed E-state index contributed by atoms with van der Waals surface area (Å²) in [5.74, 6) is -0.110. The van der Waals surface area contributed by atoms with Crippen molar-refractivity contribution >= 4 is 24.1 Å². The van der Waals surface area contributed by atoms with Crippen LogP contribution in [0.15, 0.2) is 23.1 Å². The summed E-state index contributed by atoms with van der Waals surface area (Å²) in [6, 6.07) is 3.77. The molecule has 2 aliphatic carbocycles. The smallest absolute Gasteiger partial charge is 0.223 e. The van der Waals surface area contributed by atoms with Gasteiger partial charge in [-0.15, -0.1) is 0 Å². The minimum atomic E-state index is -0.729. The van der Waals surface area contributed by atoms with Crippen LogP contribution in [0, 0.1) is 28.9 Å². The Morgan fingerprint density at radius 3 is 2.43 bits per heavy atom. The van der Waals surface area contributed by atoms with Crippen molar-refractivity contribution in [2.45, 2.75) is 69.4 Å². The average molecular weight is 442 g/mol. The van der Waals surface area contributed by atoms with Gasteiger partial charge in [0.05, 0.1) is 5.54 Å². The molecule has 30 heavy (non-hydrogen) atoms. The number of carbonyl (C=O) groups excluding carboxylic acids is 2. The summed E-state index contributed by atoms with van der Waals surface area (Å²) in [4.78, 5) is 22.6. The van der Waals surface area contributed by atoms with E-state index in [1.54, 1.807) is 13.8 Å². The van der Waals surface area contributed by atoms with Crippen molar-refractivity contribution in [2.24, 2.45) is 23.0 Å². The fraction of sp³-hybridized carbons (Fsp3) is 0.636. The maximum absolute atomic E-state index is 12.8. The highest BCUT2D eigenvalue weighted by atomic mass is 32.2. The molecule has 0 spiro atoms. The van der Waals surface area contributed by atoms with Gasteiger partial charge in [-0.05, 0) is 82.5 Å². The van der Waals surface area contributed by atoms with E-state index in [2.05, 4.69) is 17.0 Å². The zero-order chi connectivity index (χ0) is 22.5. The fourth-order valence-corrected chi connectivity index (χ4v) is 5.53. The van der Waals surface area contributed by atoms with Gasteiger partial charge in [0, 0.05) is 22.4 Å². The van der Waals surface area contributed by atoms with E-state index < -0.39 is 17.2 Å². The molecular formula is C22H33F2N3O2S. The van der Waals surface area contributed by atoms with Crippen molar-refractivity contribution in [2.75, 3.05) is 7.05 Å².